The van der Waals surface area contributed by atoms with Gasteiger partial charge >= 0.3 is 0 Å². The molecule has 0 amide bonds. The number of nitrogens with zero attached hydrogens (tertiary/aromatic N) is 1. The van der Waals surface area contributed by atoms with E-state index in [2.05, 4.69) is 18.7 Å². The SMILES string of the molecule is CCOc1ccc2c(c1)OC(C)(C)C(N(CC)CC)C2O. The highest BCUT2D eigenvalue weighted by Gasteiger charge is 2.45. The first-order chi connectivity index (χ1) is 9.94. The Morgan fingerprint density at radius 1 is 1.24 bits per heavy atom. The van der Waals surface area contributed by atoms with Gasteiger partial charge in [-0.05, 0) is 46.0 Å². The second kappa shape index (κ2) is 6.24. The molecule has 1 heterocycles. The van der Waals surface area contributed by atoms with Gasteiger partial charge in [0.05, 0.1) is 12.6 Å². The van der Waals surface area contributed by atoms with Crippen LogP contribution in [0, 0.1) is 0 Å². The summed E-state index contributed by atoms with van der Waals surface area (Å²) < 4.78 is 11.7. The molecule has 2 rings (SSSR count). The van der Waals surface area contributed by atoms with E-state index in [4.69, 9.17) is 9.47 Å². The smallest absolute Gasteiger partial charge is 0.129 e. The molecule has 21 heavy (non-hydrogen) atoms. The first-order valence-corrected chi connectivity index (χ1v) is 7.82. The van der Waals surface area contributed by atoms with Crippen molar-refractivity contribution < 1.29 is 14.6 Å². The van der Waals surface area contributed by atoms with Crippen molar-refractivity contribution in [2.45, 2.75) is 52.4 Å². The van der Waals surface area contributed by atoms with Crippen molar-refractivity contribution in [3.05, 3.63) is 23.8 Å². The van der Waals surface area contributed by atoms with Crippen LogP contribution in [0.2, 0.25) is 0 Å². The Bertz CT molecular complexity index is 483. The molecule has 2 unspecified atom stereocenters. The Morgan fingerprint density at radius 3 is 2.48 bits per heavy atom. The van der Waals surface area contributed by atoms with Crippen LogP contribution < -0.4 is 9.47 Å². The summed E-state index contributed by atoms with van der Waals surface area (Å²) in [6.45, 7) is 12.6. The first kappa shape index (κ1) is 16.1. The third kappa shape index (κ3) is 3.01. The van der Waals surface area contributed by atoms with Crippen LogP contribution in [0.4, 0.5) is 0 Å². The van der Waals surface area contributed by atoms with Crippen molar-refractivity contribution in [3.63, 3.8) is 0 Å². The number of aliphatic hydroxyl groups is 1. The van der Waals surface area contributed by atoms with Gasteiger partial charge in [0.25, 0.3) is 0 Å². The number of rotatable bonds is 5. The standard InChI is InChI=1S/C17H27NO3/c1-6-18(7-2)16-15(19)13-10-9-12(20-8-3)11-14(13)21-17(16,4)5/h9-11,15-16,19H,6-8H2,1-5H3. The zero-order valence-electron chi connectivity index (χ0n) is 13.7. The molecule has 0 fully saturated rings. The summed E-state index contributed by atoms with van der Waals surface area (Å²) in [6.07, 6.45) is -0.556. The Balaban J connectivity index is 2.39. The van der Waals surface area contributed by atoms with E-state index in [1.807, 2.05) is 39.0 Å². The van der Waals surface area contributed by atoms with Gasteiger partial charge in [0.15, 0.2) is 0 Å². The van der Waals surface area contributed by atoms with E-state index in [0.29, 0.717) is 6.61 Å². The quantitative estimate of drug-likeness (QED) is 0.906. The van der Waals surface area contributed by atoms with Crippen LogP contribution in [0.25, 0.3) is 0 Å². The molecule has 0 saturated heterocycles. The lowest BCUT2D eigenvalue weighted by molar-refractivity contribution is -0.0799. The molecule has 0 aliphatic carbocycles. The minimum Gasteiger partial charge on any atom is -0.494 e. The second-order valence-electron chi connectivity index (χ2n) is 5.95. The number of benzene rings is 1. The van der Waals surface area contributed by atoms with Crippen molar-refractivity contribution in [2.24, 2.45) is 0 Å². The summed E-state index contributed by atoms with van der Waals surface area (Å²) >= 11 is 0. The molecule has 1 aliphatic rings. The molecule has 4 nitrogen and oxygen atoms in total. The van der Waals surface area contributed by atoms with Gasteiger partial charge in [-0.1, -0.05) is 13.8 Å². The lowest BCUT2D eigenvalue weighted by atomic mass is 9.85. The number of hydrogen-bond acceptors (Lipinski definition) is 4. The lowest BCUT2D eigenvalue weighted by Crippen LogP contribution is -2.57. The second-order valence-corrected chi connectivity index (χ2v) is 5.95. The molecule has 1 aromatic carbocycles. The van der Waals surface area contributed by atoms with E-state index in [1.165, 1.54) is 0 Å². The maximum Gasteiger partial charge on any atom is 0.129 e. The number of ether oxygens (including phenoxy) is 2. The molecule has 4 heteroatoms. The predicted octanol–water partition coefficient (Wildman–Crippen LogP) is 3.00. The summed E-state index contributed by atoms with van der Waals surface area (Å²) in [5.41, 5.74) is 0.387. The van der Waals surface area contributed by atoms with Crippen molar-refractivity contribution in [1.82, 2.24) is 4.90 Å². The Kier molecular flexibility index (Phi) is 4.79. The van der Waals surface area contributed by atoms with E-state index in [0.717, 1.165) is 30.2 Å². The van der Waals surface area contributed by atoms with Crippen LogP contribution in [0.5, 0.6) is 11.5 Å². The van der Waals surface area contributed by atoms with Crippen molar-refractivity contribution in [1.29, 1.82) is 0 Å². The van der Waals surface area contributed by atoms with Gasteiger partial charge in [-0.15, -0.1) is 0 Å². The molecular weight excluding hydrogens is 266 g/mol. The monoisotopic (exact) mass is 293 g/mol. The fourth-order valence-electron chi connectivity index (χ4n) is 3.25. The number of likely N-dealkylation sites (N-methyl/N-ethyl adjacent to an activating group) is 1. The zero-order valence-corrected chi connectivity index (χ0v) is 13.7. The minimum absolute atomic E-state index is 0.0575. The maximum atomic E-state index is 10.8. The van der Waals surface area contributed by atoms with E-state index >= 15 is 0 Å². The fraction of sp³-hybridized carbons (Fsp3) is 0.647. The molecule has 118 valence electrons. The number of aliphatic hydroxyl groups excluding tert-OH is 1. The van der Waals surface area contributed by atoms with Gasteiger partial charge in [-0.25, -0.2) is 0 Å². The molecule has 0 spiro atoms. The summed E-state index contributed by atoms with van der Waals surface area (Å²) in [5, 5.41) is 10.8. The van der Waals surface area contributed by atoms with E-state index in [-0.39, 0.29) is 6.04 Å². The third-order valence-corrected chi connectivity index (χ3v) is 4.20. The largest absolute Gasteiger partial charge is 0.494 e. The first-order valence-electron chi connectivity index (χ1n) is 7.82. The number of hydrogen-bond donors (Lipinski definition) is 1. The van der Waals surface area contributed by atoms with Gasteiger partial charge in [-0.2, -0.15) is 0 Å². The van der Waals surface area contributed by atoms with Gasteiger partial charge in [0.1, 0.15) is 23.2 Å². The summed E-state index contributed by atoms with van der Waals surface area (Å²) in [5.74, 6) is 1.50. The highest BCUT2D eigenvalue weighted by atomic mass is 16.5. The summed E-state index contributed by atoms with van der Waals surface area (Å²) in [6, 6.07) is 5.63. The third-order valence-electron chi connectivity index (χ3n) is 4.20. The Labute approximate surface area is 127 Å². The van der Waals surface area contributed by atoms with Gasteiger partial charge in [0, 0.05) is 11.6 Å². The molecular formula is C17H27NO3. The van der Waals surface area contributed by atoms with Crippen LogP contribution in [0.1, 0.15) is 46.3 Å². The minimum atomic E-state index is -0.556. The maximum absolute atomic E-state index is 10.8. The van der Waals surface area contributed by atoms with Crippen molar-refractivity contribution >= 4 is 0 Å². The molecule has 1 aromatic rings. The molecule has 0 bridgehead atoms. The topological polar surface area (TPSA) is 41.9 Å². The fourth-order valence-corrected chi connectivity index (χ4v) is 3.25. The van der Waals surface area contributed by atoms with Crippen molar-refractivity contribution in [2.75, 3.05) is 19.7 Å². The molecule has 0 aromatic heterocycles. The Hall–Kier alpha value is -1.26. The molecule has 0 radical (unpaired) electrons. The van der Waals surface area contributed by atoms with Crippen molar-refractivity contribution in [3.8, 4) is 11.5 Å². The average Bonchev–Trinajstić information content (AvgIpc) is 2.43. The van der Waals surface area contributed by atoms with E-state index in [9.17, 15) is 5.11 Å². The van der Waals surface area contributed by atoms with Crippen LogP contribution in [-0.4, -0.2) is 41.3 Å². The summed E-state index contributed by atoms with van der Waals surface area (Å²) in [7, 11) is 0. The predicted molar refractivity (Wildman–Crippen MR) is 84.0 cm³/mol. The van der Waals surface area contributed by atoms with Gasteiger partial charge in [0.2, 0.25) is 0 Å². The van der Waals surface area contributed by atoms with E-state index in [1.54, 1.807) is 0 Å². The molecule has 1 aliphatic heterocycles. The van der Waals surface area contributed by atoms with Crippen LogP contribution in [0.3, 0.4) is 0 Å². The Morgan fingerprint density at radius 2 is 1.90 bits per heavy atom. The van der Waals surface area contributed by atoms with Gasteiger partial charge < -0.3 is 14.6 Å². The van der Waals surface area contributed by atoms with Gasteiger partial charge in [-0.3, -0.25) is 4.90 Å². The zero-order chi connectivity index (χ0) is 15.6. The average molecular weight is 293 g/mol. The number of fused-ring (bicyclic) bond motifs is 1. The normalized spacial score (nSPS) is 23.6. The molecule has 0 saturated carbocycles. The summed E-state index contributed by atoms with van der Waals surface area (Å²) in [4.78, 5) is 2.25. The highest BCUT2D eigenvalue weighted by Crippen LogP contribution is 2.43. The lowest BCUT2D eigenvalue weighted by Gasteiger charge is -2.47. The molecule has 2 atom stereocenters. The highest BCUT2D eigenvalue weighted by molar-refractivity contribution is 5.45. The van der Waals surface area contributed by atoms with Crippen LogP contribution in [-0.2, 0) is 0 Å². The molecule has 1 N–H and O–H groups in total. The van der Waals surface area contributed by atoms with E-state index < -0.39 is 11.7 Å². The van der Waals surface area contributed by atoms with Crippen LogP contribution >= 0.6 is 0 Å². The van der Waals surface area contributed by atoms with Crippen LogP contribution in [0.15, 0.2) is 18.2 Å².